The zero-order valence-corrected chi connectivity index (χ0v) is 10.1. The molecule has 2 aromatic rings. The summed E-state index contributed by atoms with van der Waals surface area (Å²) in [5.41, 5.74) is 1.42. The third-order valence-corrected chi connectivity index (χ3v) is 2.94. The highest BCUT2D eigenvalue weighted by molar-refractivity contribution is 9.10. The molecule has 0 aliphatic heterocycles. The summed E-state index contributed by atoms with van der Waals surface area (Å²) >= 11 is 4.59. The number of rotatable bonds is 3. The number of hydrogen-bond donors (Lipinski definition) is 0. The van der Waals surface area contributed by atoms with Gasteiger partial charge in [-0.1, -0.05) is 32.6 Å². The molecule has 0 atom stereocenters. The first-order valence-electron chi connectivity index (χ1n) is 4.30. The predicted molar refractivity (Wildman–Crippen MR) is 62.1 cm³/mol. The molecule has 0 fully saturated rings. The molecular weight excluding hydrogens is 276 g/mol. The van der Waals surface area contributed by atoms with Crippen molar-refractivity contribution in [2.75, 3.05) is 0 Å². The minimum atomic E-state index is 0.0593. The average Bonchev–Trinajstić information content (AvgIpc) is 2.70. The summed E-state index contributed by atoms with van der Waals surface area (Å²) < 4.78 is 4.62. The van der Waals surface area contributed by atoms with E-state index < -0.39 is 0 Å². The van der Waals surface area contributed by atoms with E-state index in [1.807, 2.05) is 18.2 Å². The van der Waals surface area contributed by atoms with Gasteiger partial charge in [0.25, 0.3) is 0 Å². The fourth-order valence-corrected chi connectivity index (χ4v) is 2.04. The van der Waals surface area contributed by atoms with Crippen molar-refractivity contribution in [2.45, 2.75) is 6.42 Å². The summed E-state index contributed by atoms with van der Waals surface area (Å²) in [7, 11) is 0. The Morgan fingerprint density at radius 1 is 1.47 bits per heavy atom. The van der Waals surface area contributed by atoms with Gasteiger partial charge in [0.05, 0.1) is 12.1 Å². The van der Waals surface area contributed by atoms with Gasteiger partial charge in [-0.15, -0.1) is 5.10 Å². The molecule has 0 saturated heterocycles. The highest BCUT2D eigenvalue weighted by atomic mass is 79.9. The predicted octanol–water partition coefficient (Wildman–Crippen LogP) is 2.73. The number of nitrogens with zero attached hydrogens (tertiary/aromatic N) is 2. The Morgan fingerprint density at radius 3 is 3.00 bits per heavy atom. The molecule has 0 saturated carbocycles. The molecule has 1 aromatic carbocycles. The second kappa shape index (κ2) is 4.63. The van der Waals surface area contributed by atoms with Crippen molar-refractivity contribution in [1.82, 2.24) is 9.59 Å². The molecule has 15 heavy (non-hydrogen) atoms. The van der Waals surface area contributed by atoms with E-state index in [1.54, 1.807) is 11.4 Å². The molecule has 5 heteroatoms. The topological polar surface area (TPSA) is 42.9 Å². The Balaban J connectivity index is 2.15. The summed E-state index contributed by atoms with van der Waals surface area (Å²) in [5, 5.41) is 5.63. The second-order valence-electron chi connectivity index (χ2n) is 3.01. The Hall–Kier alpha value is -1.07. The molecule has 0 spiro atoms. The van der Waals surface area contributed by atoms with E-state index >= 15 is 0 Å². The molecule has 0 aliphatic carbocycles. The van der Waals surface area contributed by atoms with Crippen LogP contribution in [-0.2, 0) is 6.42 Å². The van der Waals surface area contributed by atoms with E-state index in [9.17, 15) is 4.79 Å². The van der Waals surface area contributed by atoms with Gasteiger partial charge in [-0.25, -0.2) is 0 Å². The Bertz CT molecular complexity index is 470. The van der Waals surface area contributed by atoms with Gasteiger partial charge >= 0.3 is 0 Å². The maximum atomic E-state index is 11.8. The lowest BCUT2D eigenvalue weighted by molar-refractivity contribution is 0.0992. The van der Waals surface area contributed by atoms with Crippen molar-refractivity contribution < 1.29 is 4.79 Å². The third-order valence-electron chi connectivity index (χ3n) is 1.89. The van der Waals surface area contributed by atoms with Gasteiger partial charge in [0.2, 0.25) is 0 Å². The van der Waals surface area contributed by atoms with Gasteiger partial charge in [-0.3, -0.25) is 4.79 Å². The Labute approximate surface area is 99.4 Å². The fourth-order valence-electron chi connectivity index (χ4n) is 1.19. The van der Waals surface area contributed by atoms with Crippen LogP contribution in [-0.4, -0.2) is 15.4 Å². The molecule has 2 rings (SSSR count). The van der Waals surface area contributed by atoms with Crippen LogP contribution in [0, 0.1) is 0 Å². The van der Waals surface area contributed by atoms with Crippen LogP contribution >= 0.6 is 27.5 Å². The van der Waals surface area contributed by atoms with E-state index in [4.69, 9.17) is 0 Å². The summed E-state index contributed by atoms with van der Waals surface area (Å²) in [5.74, 6) is 0.0593. The van der Waals surface area contributed by atoms with Gasteiger partial charge < -0.3 is 0 Å². The van der Waals surface area contributed by atoms with Crippen molar-refractivity contribution in [3.05, 3.63) is 45.4 Å². The molecule has 1 aromatic heterocycles. The molecule has 0 amide bonds. The molecule has 0 N–H and O–H groups in total. The zero-order chi connectivity index (χ0) is 10.7. The Kier molecular flexibility index (Phi) is 3.23. The third kappa shape index (κ3) is 2.70. The van der Waals surface area contributed by atoms with Crippen molar-refractivity contribution in [3.63, 3.8) is 0 Å². The van der Waals surface area contributed by atoms with Crippen LogP contribution in [0.1, 0.15) is 16.1 Å². The van der Waals surface area contributed by atoms with Crippen LogP contribution in [0.25, 0.3) is 0 Å². The number of benzene rings is 1. The molecule has 0 aliphatic rings. The van der Waals surface area contributed by atoms with Crippen molar-refractivity contribution in [2.24, 2.45) is 0 Å². The van der Waals surface area contributed by atoms with E-state index in [1.165, 1.54) is 11.5 Å². The second-order valence-corrected chi connectivity index (χ2v) is 4.53. The highest BCUT2D eigenvalue weighted by Crippen LogP contribution is 2.13. The number of ketones is 1. The average molecular weight is 283 g/mol. The summed E-state index contributed by atoms with van der Waals surface area (Å²) in [6.07, 6.45) is 0.312. The quantitative estimate of drug-likeness (QED) is 0.813. The molecule has 0 unspecified atom stereocenters. The normalized spacial score (nSPS) is 10.2. The minimum Gasteiger partial charge on any atom is -0.294 e. The van der Waals surface area contributed by atoms with E-state index in [0.29, 0.717) is 12.0 Å². The van der Waals surface area contributed by atoms with Crippen molar-refractivity contribution in [1.29, 1.82) is 0 Å². The Morgan fingerprint density at radius 2 is 2.33 bits per heavy atom. The highest BCUT2D eigenvalue weighted by Gasteiger charge is 2.08. The maximum absolute atomic E-state index is 11.8. The lowest BCUT2D eigenvalue weighted by Crippen LogP contribution is -2.03. The molecule has 0 radical (unpaired) electrons. The number of Topliss-reactive ketones (excluding diaryl/α,β-unsaturated/α-hetero) is 1. The zero-order valence-electron chi connectivity index (χ0n) is 7.68. The number of halogens is 1. The number of aromatic nitrogens is 2. The largest absolute Gasteiger partial charge is 0.294 e. The van der Waals surface area contributed by atoms with Crippen LogP contribution in [0.15, 0.2) is 34.1 Å². The lowest BCUT2D eigenvalue weighted by Gasteiger charge is -1.98. The smallest absolute Gasteiger partial charge is 0.168 e. The summed E-state index contributed by atoms with van der Waals surface area (Å²) in [6.45, 7) is 0. The minimum absolute atomic E-state index is 0.0593. The fraction of sp³-hybridized carbons (Fsp3) is 0.100. The van der Waals surface area contributed by atoms with Gasteiger partial charge in [0.1, 0.15) is 0 Å². The first-order chi connectivity index (χ1) is 7.25. The first kappa shape index (κ1) is 10.4. The molecule has 76 valence electrons. The van der Waals surface area contributed by atoms with Gasteiger partial charge in [-0.2, -0.15) is 0 Å². The van der Waals surface area contributed by atoms with Crippen LogP contribution < -0.4 is 0 Å². The van der Waals surface area contributed by atoms with E-state index in [-0.39, 0.29) is 5.78 Å². The number of carbonyl (C=O) groups is 1. The van der Waals surface area contributed by atoms with Crippen molar-refractivity contribution >= 4 is 33.2 Å². The molecule has 0 bridgehead atoms. The van der Waals surface area contributed by atoms with Crippen molar-refractivity contribution in [3.8, 4) is 0 Å². The molecule has 3 nitrogen and oxygen atoms in total. The molecular formula is C10H7BrN2OS. The lowest BCUT2D eigenvalue weighted by atomic mass is 10.1. The number of hydrogen-bond acceptors (Lipinski definition) is 4. The van der Waals surface area contributed by atoms with Crippen LogP contribution in [0.5, 0.6) is 0 Å². The van der Waals surface area contributed by atoms with Gasteiger partial charge in [-0.05, 0) is 23.7 Å². The van der Waals surface area contributed by atoms with E-state index in [0.717, 1.165) is 10.2 Å². The summed E-state index contributed by atoms with van der Waals surface area (Å²) in [6, 6.07) is 7.34. The van der Waals surface area contributed by atoms with Crippen LogP contribution in [0.2, 0.25) is 0 Å². The van der Waals surface area contributed by atoms with Gasteiger partial charge in [0.15, 0.2) is 5.78 Å². The summed E-state index contributed by atoms with van der Waals surface area (Å²) in [4.78, 5) is 11.8. The first-order valence-corrected chi connectivity index (χ1v) is 5.93. The molecule has 1 heterocycles. The van der Waals surface area contributed by atoms with Crippen LogP contribution in [0.3, 0.4) is 0 Å². The monoisotopic (exact) mass is 282 g/mol. The van der Waals surface area contributed by atoms with Crippen LogP contribution in [0.4, 0.5) is 0 Å². The van der Waals surface area contributed by atoms with E-state index in [2.05, 4.69) is 25.5 Å². The standard InChI is InChI=1S/C10H7BrN2OS/c11-8-3-1-2-7(4-8)10(14)5-9-6-15-13-12-9/h1-4,6H,5H2. The number of carbonyl (C=O) groups excluding carboxylic acids is 1. The van der Waals surface area contributed by atoms with Gasteiger partial charge in [0, 0.05) is 15.4 Å². The SMILES string of the molecule is O=C(Cc1csnn1)c1cccc(Br)c1. The maximum Gasteiger partial charge on any atom is 0.168 e.